The average Bonchev–Trinajstić information content (AvgIpc) is 2.31. The van der Waals surface area contributed by atoms with Crippen molar-refractivity contribution >= 4 is 0 Å². The van der Waals surface area contributed by atoms with E-state index in [0.29, 0.717) is 0 Å². The van der Waals surface area contributed by atoms with Gasteiger partial charge in [0.2, 0.25) is 0 Å². The molecule has 58 valence electrons. The predicted molar refractivity (Wildman–Crippen MR) is 46.0 cm³/mol. The van der Waals surface area contributed by atoms with Gasteiger partial charge in [-0.05, 0) is 31.6 Å². The van der Waals surface area contributed by atoms with Crippen LogP contribution >= 0.6 is 0 Å². The highest BCUT2D eigenvalue weighted by molar-refractivity contribution is 5.05. The Balaban J connectivity index is 2.20. The van der Waals surface area contributed by atoms with Gasteiger partial charge in [0.05, 0.1) is 0 Å². The van der Waals surface area contributed by atoms with Crippen molar-refractivity contribution in [3.8, 4) is 0 Å². The maximum absolute atomic E-state index is 4.09. The number of allylic oxidation sites excluding steroid dienone is 1. The third-order valence-corrected chi connectivity index (χ3v) is 2.53. The van der Waals surface area contributed by atoms with Crippen LogP contribution in [0.3, 0.4) is 0 Å². The van der Waals surface area contributed by atoms with E-state index in [0.717, 1.165) is 5.92 Å². The van der Waals surface area contributed by atoms with Crippen molar-refractivity contribution in [2.24, 2.45) is 5.92 Å². The lowest BCUT2D eigenvalue weighted by Crippen LogP contribution is -1.94. The van der Waals surface area contributed by atoms with Crippen molar-refractivity contribution in [1.82, 2.24) is 0 Å². The van der Waals surface area contributed by atoms with E-state index < -0.39 is 0 Å². The van der Waals surface area contributed by atoms with Gasteiger partial charge in [-0.2, -0.15) is 0 Å². The fourth-order valence-corrected chi connectivity index (χ4v) is 1.78. The van der Waals surface area contributed by atoms with E-state index in [4.69, 9.17) is 0 Å². The Labute approximate surface area is 64.3 Å². The Bertz CT molecular complexity index is 113. The van der Waals surface area contributed by atoms with Gasteiger partial charge in [-0.25, -0.2) is 0 Å². The van der Waals surface area contributed by atoms with Crippen molar-refractivity contribution in [2.75, 3.05) is 0 Å². The molecule has 0 aromatic heterocycles. The minimum Gasteiger partial charge on any atom is -0.0996 e. The quantitative estimate of drug-likeness (QED) is 0.523. The van der Waals surface area contributed by atoms with E-state index in [9.17, 15) is 0 Å². The molecule has 0 saturated heterocycles. The minimum atomic E-state index is 0.889. The van der Waals surface area contributed by atoms with Gasteiger partial charge in [-0.3, -0.25) is 0 Å². The first-order valence-electron chi connectivity index (χ1n) is 4.52. The average molecular weight is 138 g/mol. The summed E-state index contributed by atoms with van der Waals surface area (Å²) in [5.41, 5.74) is 1.52. The molecule has 0 spiro atoms. The Morgan fingerprint density at radius 3 is 2.90 bits per heavy atom. The molecule has 1 atom stereocenters. The molecule has 0 aromatic rings. The normalized spacial score (nSPS) is 25.7. The highest BCUT2D eigenvalue weighted by Gasteiger charge is 2.17. The molecule has 10 heavy (non-hydrogen) atoms. The van der Waals surface area contributed by atoms with Crippen molar-refractivity contribution in [1.29, 1.82) is 0 Å². The van der Waals surface area contributed by atoms with Crippen molar-refractivity contribution in [2.45, 2.75) is 45.4 Å². The molecular formula is C10H18. The van der Waals surface area contributed by atoms with E-state index in [-0.39, 0.29) is 0 Å². The second-order valence-electron chi connectivity index (χ2n) is 3.39. The first-order valence-corrected chi connectivity index (χ1v) is 4.52. The van der Waals surface area contributed by atoms with Gasteiger partial charge < -0.3 is 0 Å². The second kappa shape index (κ2) is 3.80. The summed E-state index contributed by atoms with van der Waals surface area (Å²) in [7, 11) is 0. The van der Waals surface area contributed by atoms with Crippen LogP contribution in [0, 0.1) is 5.92 Å². The molecular weight excluding hydrogens is 120 g/mol. The minimum absolute atomic E-state index is 0.889. The maximum atomic E-state index is 4.09. The lowest BCUT2D eigenvalue weighted by atomic mass is 9.98. The topological polar surface area (TPSA) is 0 Å². The van der Waals surface area contributed by atoms with Crippen LogP contribution in [0.4, 0.5) is 0 Å². The zero-order chi connectivity index (χ0) is 7.40. The molecule has 0 aromatic carbocycles. The lowest BCUT2D eigenvalue weighted by molar-refractivity contribution is 0.541. The van der Waals surface area contributed by atoms with Gasteiger partial charge in [0.15, 0.2) is 0 Å². The monoisotopic (exact) mass is 138 g/mol. The lowest BCUT2D eigenvalue weighted by Gasteiger charge is -2.08. The summed E-state index contributed by atoms with van der Waals surface area (Å²) in [6.07, 6.45) is 8.24. The molecule has 1 rings (SSSR count). The van der Waals surface area contributed by atoms with Crippen LogP contribution in [0.15, 0.2) is 12.2 Å². The summed E-state index contributed by atoms with van der Waals surface area (Å²) in [6, 6.07) is 0. The Hall–Kier alpha value is -0.260. The van der Waals surface area contributed by atoms with Crippen LogP contribution in [-0.2, 0) is 0 Å². The molecule has 0 heterocycles. The number of hydrogen-bond acceptors (Lipinski definition) is 0. The summed E-state index contributed by atoms with van der Waals surface area (Å²) < 4.78 is 0. The van der Waals surface area contributed by atoms with Gasteiger partial charge in [-0.15, -0.1) is 0 Å². The van der Waals surface area contributed by atoms with E-state index >= 15 is 0 Å². The molecule has 0 unspecified atom stereocenters. The molecule has 0 heteroatoms. The van der Waals surface area contributed by atoms with Gasteiger partial charge in [0.1, 0.15) is 0 Å². The number of hydrogen-bond donors (Lipinski definition) is 0. The Morgan fingerprint density at radius 1 is 1.60 bits per heavy atom. The Kier molecular flexibility index (Phi) is 2.98. The molecule has 1 saturated carbocycles. The number of unbranched alkanes of at least 4 members (excludes halogenated alkanes) is 1. The van der Waals surface area contributed by atoms with Crippen molar-refractivity contribution in [3.63, 3.8) is 0 Å². The molecule has 0 radical (unpaired) electrons. The van der Waals surface area contributed by atoms with Crippen molar-refractivity contribution in [3.05, 3.63) is 12.2 Å². The SMILES string of the molecule is C=C1CCC[C@@H]1CCCC. The number of rotatable bonds is 3. The van der Waals surface area contributed by atoms with Crippen molar-refractivity contribution < 1.29 is 0 Å². The fraction of sp³-hybridized carbons (Fsp3) is 0.800. The van der Waals surface area contributed by atoms with Gasteiger partial charge in [-0.1, -0.05) is 31.9 Å². The smallest absolute Gasteiger partial charge is 0.0206 e. The summed E-state index contributed by atoms with van der Waals surface area (Å²) in [4.78, 5) is 0. The zero-order valence-electron chi connectivity index (χ0n) is 7.03. The molecule has 0 nitrogen and oxygen atoms in total. The summed E-state index contributed by atoms with van der Waals surface area (Å²) >= 11 is 0. The molecule has 1 aliphatic carbocycles. The summed E-state index contributed by atoms with van der Waals surface area (Å²) in [6.45, 7) is 6.35. The standard InChI is InChI=1S/C10H18/c1-3-4-7-10-8-5-6-9(10)2/h10H,2-8H2,1H3/t10-/m0/s1. The highest BCUT2D eigenvalue weighted by Crippen LogP contribution is 2.32. The predicted octanol–water partition coefficient (Wildman–Crippen LogP) is 3.53. The van der Waals surface area contributed by atoms with Crippen LogP contribution in [0.25, 0.3) is 0 Å². The Morgan fingerprint density at radius 2 is 2.40 bits per heavy atom. The van der Waals surface area contributed by atoms with Crippen LogP contribution in [0.1, 0.15) is 45.4 Å². The van der Waals surface area contributed by atoms with Crippen LogP contribution in [0.5, 0.6) is 0 Å². The molecule has 0 aliphatic heterocycles. The van der Waals surface area contributed by atoms with Crippen LogP contribution < -0.4 is 0 Å². The largest absolute Gasteiger partial charge is 0.0996 e. The fourth-order valence-electron chi connectivity index (χ4n) is 1.78. The first-order chi connectivity index (χ1) is 4.84. The van der Waals surface area contributed by atoms with Crippen LogP contribution in [0.2, 0.25) is 0 Å². The maximum Gasteiger partial charge on any atom is -0.0206 e. The van der Waals surface area contributed by atoms with Gasteiger partial charge >= 0.3 is 0 Å². The molecule has 0 bridgehead atoms. The summed E-state index contributed by atoms with van der Waals surface area (Å²) in [5, 5.41) is 0. The van der Waals surface area contributed by atoms with E-state index in [1.807, 2.05) is 0 Å². The third-order valence-electron chi connectivity index (χ3n) is 2.53. The second-order valence-corrected chi connectivity index (χ2v) is 3.39. The van der Waals surface area contributed by atoms with E-state index in [1.54, 1.807) is 0 Å². The van der Waals surface area contributed by atoms with Gasteiger partial charge in [0.25, 0.3) is 0 Å². The van der Waals surface area contributed by atoms with E-state index in [2.05, 4.69) is 13.5 Å². The highest BCUT2D eigenvalue weighted by atomic mass is 14.2. The zero-order valence-corrected chi connectivity index (χ0v) is 7.03. The third kappa shape index (κ3) is 1.86. The molecule has 0 amide bonds. The van der Waals surface area contributed by atoms with Crippen LogP contribution in [-0.4, -0.2) is 0 Å². The molecule has 0 N–H and O–H groups in total. The molecule has 1 fully saturated rings. The molecule has 1 aliphatic rings. The van der Waals surface area contributed by atoms with Gasteiger partial charge in [0, 0.05) is 0 Å². The van der Waals surface area contributed by atoms with E-state index in [1.165, 1.54) is 44.1 Å². The first kappa shape index (κ1) is 7.84. The summed E-state index contributed by atoms with van der Waals surface area (Å²) in [5.74, 6) is 0.889.